The molecule has 128 valence electrons. The maximum atomic E-state index is 4.53. The quantitative estimate of drug-likeness (QED) is 0.850. The Balaban J connectivity index is 1.48. The molecule has 2 fully saturated rings. The average molecular weight is 327 g/mol. The van der Waals surface area contributed by atoms with Gasteiger partial charge in [0.1, 0.15) is 11.6 Å². The molecule has 0 N–H and O–H groups in total. The zero-order valence-electron chi connectivity index (χ0n) is 14.3. The molecular weight excluding hydrogens is 302 g/mol. The van der Waals surface area contributed by atoms with Gasteiger partial charge in [0, 0.05) is 38.4 Å². The standard InChI is InChI=1S/C17H25N7/c1-22-15(13-23-9-2-3-10-23)20-21-16(22)14-6-4-11-24(12-14)17-18-7-5-8-19-17/h5,7-8,14H,2-4,6,9-13H2,1H3. The van der Waals surface area contributed by atoms with Crippen molar-refractivity contribution in [2.75, 3.05) is 31.1 Å². The summed E-state index contributed by atoms with van der Waals surface area (Å²) in [6.07, 6.45) is 8.51. The van der Waals surface area contributed by atoms with Gasteiger partial charge < -0.3 is 9.47 Å². The zero-order chi connectivity index (χ0) is 16.4. The summed E-state index contributed by atoms with van der Waals surface area (Å²) in [6, 6.07) is 1.86. The smallest absolute Gasteiger partial charge is 0.225 e. The van der Waals surface area contributed by atoms with Gasteiger partial charge in [-0.1, -0.05) is 0 Å². The molecule has 2 aromatic heterocycles. The first-order valence-corrected chi connectivity index (χ1v) is 8.94. The highest BCUT2D eigenvalue weighted by Crippen LogP contribution is 2.27. The lowest BCUT2D eigenvalue weighted by Gasteiger charge is -2.32. The van der Waals surface area contributed by atoms with Crippen LogP contribution in [0, 0.1) is 0 Å². The van der Waals surface area contributed by atoms with Gasteiger partial charge in [0.05, 0.1) is 6.54 Å². The fourth-order valence-corrected chi connectivity index (χ4v) is 3.83. The normalized spacial score (nSPS) is 22.2. The minimum Gasteiger partial charge on any atom is -0.340 e. The minimum absolute atomic E-state index is 0.396. The molecule has 0 aromatic carbocycles. The largest absolute Gasteiger partial charge is 0.340 e. The van der Waals surface area contributed by atoms with Crippen molar-refractivity contribution in [2.45, 2.75) is 38.1 Å². The van der Waals surface area contributed by atoms with Crippen molar-refractivity contribution in [2.24, 2.45) is 7.05 Å². The third-order valence-electron chi connectivity index (χ3n) is 5.18. The van der Waals surface area contributed by atoms with Crippen LogP contribution < -0.4 is 4.90 Å². The van der Waals surface area contributed by atoms with Crippen LogP contribution in [0.4, 0.5) is 5.95 Å². The Bertz CT molecular complexity index is 663. The summed E-state index contributed by atoms with van der Waals surface area (Å²) >= 11 is 0. The Kier molecular flexibility index (Phi) is 4.42. The highest BCUT2D eigenvalue weighted by molar-refractivity contribution is 5.30. The maximum absolute atomic E-state index is 4.53. The second-order valence-electron chi connectivity index (χ2n) is 6.85. The van der Waals surface area contributed by atoms with E-state index in [9.17, 15) is 0 Å². The molecule has 2 saturated heterocycles. The number of hydrogen-bond acceptors (Lipinski definition) is 6. The van der Waals surface area contributed by atoms with Crippen LogP contribution in [0.2, 0.25) is 0 Å². The second kappa shape index (κ2) is 6.84. The van der Waals surface area contributed by atoms with Gasteiger partial charge in [-0.2, -0.15) is 0 Å². The molecule has 7 heteroatoms. The molecule has 2 aliphatic heterocycles. The average Bonchev–Trinajstić information content (AvgIpc) is 3.27. The fraction of sp³-hybridized carbons (Fsp3) is 0.647. The van der Waals surface area contributed by atoms with Gasteiger partial charge >= 0.3 is 0 Å². The molecule has 2 aliphatic rings. The Morgan fingerprint density at radius 3 is 2.62 bits per heavy atom. The molecule has 7 nitrogen and oxygen atoms in total. The summed E-state index contributed by atoms with van der Waals surface area (Å²) in [5.74, 6) is 3.40. The topological polar surface area (TPSA) is 63.0 Å². The van der Waals surface area contributed by atoms with E-state index in [1.54, 1.807) is 0 Å². The zero-order valence-corrected chi connectivity index (χ0v) is 14.3. The lowest BCUT2D eigenvalue weighted by Crippen LogP contribution is -2.36. The monoisotopic (exact) mass is 327 g/mol. The van der Waals surface area contributed by atoms with Crippen LogP contribution in [0.1, 0.15) is 43.3 Å². The van der Waals surface area contributed by atoms with Crippen molar-refractivity contribution in [1.29, 1.82) is 0 Å². The van der Waals surface area contributed by atoms with E-state index in [1.165, 1.54) is 25.9 Å². The van der Waals surface area contributed by atoms with Gasteiger partial charge in [0.15, 0.2) is 0 Å². The molecule has 0 radical (unpaired) electrons. The summed E-state index contributed by atoms with van der Waals surface area (Å²) in [7, 11) is 2.11. The molecule has 0 amide bonds. The van der Waals surface area contributed by atoms with E-state index >= 15 is 0 Å². The lowest BCUT2D eigenvalue weighted by atomic mass is 9.97. The predicted octanol–water partition coefficient (Wildman–Crippen LogP) is 1.58. The van der Waals surface area contributed by atoms with Crippen LogP contribution in [0.3, 0.4) is 0 Å². The molecule has 0 aliphatic carbocycles. The SMILES string of the molecule is Cn1c(CN2CCCC2)nnc1C1CCCN(c2ncccn2)C1. The van der Waals surface area contributed by atoms with Crippen molar-refractivity contribution in [3.63, 3.8) is 0 Å². The van der Waals surface area contributed by atoms with Crippen LogP contribution in [0.25, 0.3) is 0 Å². The van der Waals surface area contributed by atoms with Crippen LogP contribution in [0.15, 0.2) is 18.5 Å². The van der Waals surface area contributed by atoms with E-state index < -0.39 is 0 Å². The summed E-state index contributed by atoms with van der Waals surface area (Å²) in [5.41, 5.74) is 0. The number of aromatic nitrogens is 5. The third-order valence-corrected chi connectivity index (χ3v) is 5.18. The van der Waals surface area contributed by atoms with Crippen LogP contribution in [-0.4, -0.2) is 55.8 Å². The molecule has 0 bridgehead atoms. The van der Waals surface area contributed by atoms with Gasteiger partial charge in [-0.15, -0.1) is 10.2 Å². The van der Waals surface area contributed by atoms with Crippen LogP contribution >= 0.6 is 0 Å². The molecule has 1 atom stereocenters. The molecule has 4 rings (SSSR count). The van der Waals surface area contributed by atoms with Gasteiger partial charge in [0.2, 0.25) is 5.95 Å². The summed E-state index contributed by atoms with van der Waals surface area (Å²) < 4.78 is 2.21. The van der Waals surface area contributed by atoms with Crippen molar-refractivity contribution in [3.8, 4) is 0 Å². The van der Waals surface area contributed by atoms with E-state index in [1.807, 2.05) is 18.5 Å². The van der Waals surface area contributed by atoms with Gasteiger partial charge in [-0.3, -0.25) is 4.90 Å². The first-order chi connectivity index (χ1) is 11.8. The first-order valence-electron chi connectivity index (χ1n) is 8.94. The number of anilines is 1. The number of piperidine rings is 1. The van der Waals surface area contributed by atoms with E-state index in [2.05, 4.69) is 41.6 Å². The summed E-state index contributed by atoms with van der Waals surface area (Å²) in [4.78, 5) is 13.5. The number of nitrogens with zero attached hydrogens (tertiary/aromatic N) is 7. The van der Waals surface area contributed by atoms with E-state index in [-0.39, 0.29) is 0 Å². The Morgan fingerprint density at radius 1 is 1.04 bits per heavy atom. The molecule has 24 heavy (non-hydrogen) atoms. The van der Waals surface area contributed by atoms with Crippen molar-refractivity contribution >= 4 is 5.95 Å². The van der Waals surface area contributed by atoms with Crippen molar-refractivity contribution in [1.82, 2.24) is 29.6 Å². The molecule has 1 unspecified atom stereocenters. The second-order valence-corrected chi connectivity index (χ2v) is 6.85. The number of rotatable bonds is 4. The highest BCUT2D eigenvalue weighted by atomic mass is 15.3. The summed E-state index contributed by atoms with van der Waals surface area (Å²) in [5, 5.41) is 9.00. The highest BCUT2D eigenvalue weighted by Gasteiger charge is 2.27. The van der Waals surface area contributed by atoms with Gasteiger partial charge in [0.25, 0.3) is 0 Å². The summed E-state index contributed by atoms with van der Waals surface area (Å²) in [6.45, 7) is 5.22. The molecule has 0 saturated carbocycles. The molecule has 0 spiro atoms. The Labute approximate surface area is 142 Å². The van der Waals surface area contributed by atoms with Crippen molar-refractivity contribution in [3.05, 3.63) is 30.1 Å². The maximum Gasteiger partial charge on any atom is 0.225 e. The van der Waals surface area contributed by atoms with E-state index in [0.29, 0.717) is 5.92 Å². The third kappa shape index (κ3) is 3.13. The van der Waals surface area contributed by atoms with E-state index in [4.69, 9.17) is 0 Å². The number of likely N-dealkylation sites (tertiary alicyclic amines) is 1. The molecule has 2 aromatic rings. The fourth-order valence-electron chi connectivity index (χ4n) is 3.83. The van der Waals surface area contributed by atoms with Crippen LogP contribution in [0.5, 0.6) is 0 Å². The molecule has 4 heterocycles. The lowest BCUT2D eigenvalue weighted by molar-refractivity contribution is 0.317. The Hall–Kier alpha value is -2.02. The molecular formula is C17H25N7. The minimum atomic E-state index is 0.396. The first kappa shape index (κ1) is 15.5. The number of hydrogen-bond donors (Lipinski definition) is 0. The predicted molar refractivity (Wildman–Crippen MR) is 91.7 cm³/mol. The van der Waals surface area contributed by atoms with Gasteiger partial charge in [-0.25, -0.2) is 9.97 Å². The Morgan fingerprint density at radius 2 is 1.83 bits per heavy atom. The van der Waals surface area contributed by atoms with Crippen molar-refractivity contribution < 1.29 is 0 Å². The van der Waals surface area contributed by atoms with Gasteiger partial charge in [-0.05, 0) is 44.8 Å². The van der Waals surface area contributed by atoms with Crippen LogP contribution in [-0.2, 0) is 13.6 Å². The van der Waals surface area contributed by atoms with E-state index in [0.717, 1.165) is 50.1 Å².